The highest BCUT2D eigenvalue weighted by molar-refractivity contribution is 5.90. The van der Waals surface area contributed by atoms with Crippen molar-refractivity contribution in [1.82, 2.24) is 0 Å². The summed E-state index contributed by atoms with van der Waals surface area (Å²) in [6.45, 7) is 3.29. The molecule has 0 spiro atoms. The Labute approximate surface area is 363 Å². The van der Waals surface area contributed by atoms with Crippen molar-refractivity contribution in [3.05, 3.63) is 194 Å². The number of aliphatic hydroxyl groups is 1. The van der Waals surface area contributed by atoms with E-state index >= 15 is 0 Å². The van der Waals surface area contributed by atoms with E-state index in [9.17, 15) is 19.5 Å². The van der Waals surface area contributed by atoms with Crippen molar-refractivity contribution in [3.8, 4) is 5.75 Å². The van der Waals surface area contributed by atoms with E-state index in [2.05, 4.69) is 84.9 Å². The van der Waals surface area contributed by atoms with Crippen LogP contribution < -0.4 is 10.4 Å². The molecule has 9 rings (SSSR count). The molecule has 0 fully saturated rings. The van der Waals surface area contributed by atoms with E-state index in [0.717, 1.165) is 42.4 Å². The van der Waals surface area contributed by atoms with Crippen LogP contribution in [-0.2, 0) is 51.2 Å². The van der Waals surface area contributed by atoms with Gasteiger partial charge in [-0.25, -0.2) is 9.59 Å². The van der Waals surface area contributed by atoms with E-state index in [4.69, 9.17) is 18.6 Å². The van der Waals surface area contributed by atoms with E-state index < -0.39 is 35.4 Å². The van der Waals surface area contributed by atoms with Crippen LogP contribution in [0.1, 0.15) is 91.0 Å². The number of carbonyl (C=O) groups excluding carboxylic acids is 2. The molecular weight excluding hydrogens is 777 g/mol. The van der Waals surface area contributed by atoms with Crippen LogP contribution in [0.4, 0.5) is 0 Å². The number of hydrogen-bond acceptors (Lipinski definition) is 8. The van der Waals surface area contributed by atoms with Gasteiger partial charge < -0.3 is 23.7 Å². The lowest BCUT2D eigenvalue weighted by atomic mass is 9.82. The predicted molar refractivity (Wildman–Crippen MR) is 240 cm³/mol. The van der Waals surface area contributed by atoms with E-state index in [-0.39, 0.29) is 24.5 Å². The van der Waals surface area contributed by atoms with Gasteiger partial charge in [-0.3, -0.25) is 4.79 Å². The Hall–Kier alpha value is -6.25. The largest absolute Gasteiger partial charge is 0.483 e. The molecule has 0 radical (unpaired) electrons. The summed E-state index contributed by atoms with van der Waals surface area (Å²) in [5.74, 6) is -0.771. The minimum absolute atomic E-state index is 0.0798. The van der Waals surface area contributed by atoms with Gasteiger partial charge in [-0.15, -0.1) is 0 Å². The number of ether oxygens (including phenoxy) is 3. The maximum atomic E-state index is 14.7. The third kappa shape index (κ3) is 10.1. The standard InChI is InChI=1S/C54H54O8/c1-36(35-55)45-27-24-38-18-20-41(21-19-38)33-43(23-22-40-15-9-16-42(32-40)31-39-13-7-4-8-14-39)34-48(57)60-51-49-46(28-25-44-26-29-47(56)59-50(44)49)62-54(2,52(51)61-53(45)58)30-10-17-37-11-5-3-6-12-37/h3-9,11-16,18-21,25-26,28-29,32,43,51-52,55H,10,17,22-24,27,30-31,33-35H2,1-2H3. The van der Waals surface area contributed by atoms with Gasteiger partial charge in [0.1, 0.15) is 16.9 Å². The minimum Gasteiger partial charge on any atom is -0.483 e. The number of aryl methyl sites for hydroxylation is 3. The zero-order valence-corrected chi connectivity index (χ0v) is 35.5. The first kappa shape index (κ1) is 42.4. The summed E-state index contributed by atoms with van der Waals surface area (Å²) in [5, 5.41) is 10.9. The Morgan fingerprint density at radius 2 is 1.40 bits per heavy atom. The van der Waals surface area contributed by atoms with Crippen LogP contribution in [0.25, 0.3) is 11.0 Å². The molecule has 0 amide bonds. The number of benzene rings is 5. The summed E-state index contributed by atoms with van der Waals surface area (Å²) in [6, 6.07) is 44.2. The van der Waals surface area contributed by atoms with Crippen molar-refractivity contribution in [2.24, 2.45) is 5.92 Å². The molecule has 1 aromatic heterocycles. The normalized spacial score (nSPS) is 21.3. The van der Waals surface area contributed by atoms with Crippen LogP contribution in [-0.4, -0.2) is 35.4 Å². The van der Waals surface area contributed by atoms with Crippen molar-refractivity contribution >= 4 is 22.9 Å². The average molecular weight is 831 g/mol. The highest BCUT2D eigenvalue weighted by Crippen LogP contribution is 2.48. The lowest BCUT2D eigenvalue weighted by Gasteiger charge is -2.45. The Kier molecular flexibility index (Phi) is 13.1. The third-order valence-electron chi connectivity index (χ3n) is 12.5. The van der Waals surface area contributed by atoms with Gasteiger partial charge in [0.05, 0.1) is 12.2 Å². The number of esters is 2. The van der Waals surface area contributed by atoms with Crippen molar-refractivity contribution in [1.29, 1.82) is 0 Å². The smallest absolute Gasteiger partial charge is 0.336 e. The number of rotatable bonds is 10. The summed E-state index contributed by atoms with van der Waals surface area (Å²) in [5.41, 5.74) is 6.65. The number of fused-ring (bicyclic) bond motifs is 13. The Morgan fingerprint density at radius 1 is 0.710 bits per heavy atom. The molecule has 3 aliphatic heterocycles. The monoisotopic (exact) mass is 830 g/mol. The molecule has 0 saturated heterocycles. The summed E-state index contributed by atoms with van der Waals surface area (Å²) in [6.07, 6.45) is 3.53. The number of carbonyl (C=O) groups is 2. The van der Waals surface area contributed by atoms with Gasteiger partial charge in [0.25, 0.3) is 0 Å². The second-order valence-corrected chi connectivity index (χ2v) is 17.2. The van der Waals surface area contributed by atoms with Crippen molar-refractivity contribution in [2.45, 2.75) is 95.9 Å². The zero-order valence-electron chi connectivity index (χ0n) is 35.5. The second-order valence-electron chi connectivity index (χ2n) is 17.2. The van der Waals surface area contributed by atoms with Crippen LogP contribution >= 0.6 is 0 Å². The quantitative estimate of drug-likeness (QED) is 0.0825. The van der Waals surface area contributed by atoms with E-state index in [0.29, 0.717) is 59.9 Å². The predicted octanol–water partition coefficient (Wildman–Crippen LogP) is 10.2. The van der Waals surface area contributed by atoms with Crippen LogP contribution in [0.15, 0.2) is 154 Å². The highest BCUT2D eigenvalue weighted by Gasteiger charge is 2.52. The maximum absolute atomic E-state index is 14.7. The first-order valence-corrected chi connectivity index (χ1v) is 21.8. The van der Waals surface area contributed by atoms with E-state index in [1.165, 1.54) is 22.8 Å². The molecule has 8 nitrogen and oxygen atoms in total. The second kappa shape index (κ2) is 19.2. The lowest BCUT2D eigenvalue weighted by molar-refractivity contribution is -0.192. The first-order chi connectivity index (χ1) is 30.1. The molecule has 8 heteroatoms. The van der Waals surface area contributed by atoms with Crippen molar-refractivity contribution < 1.29 is 33.3 Å². The molecule has 4 unspecified atom stereocenters. The summed E-state index contributed by atoms with van der Waals surface area (Å²) >= 11 is 0. The van der Waals surface area contributed by atoms with Gasteiger partial charge in [-0.1, -0.05) is 109 Å². The molecule has 5 aromatic carbocycles. The molecule has 0 aliphatic carbocycles. The van der Waals surface area contributed by atoms with Crippen LogP contribution in [0.5, 0.6) is 5.75 Å². The van der Waals surface area contributed by atoms with Gasteiger partial charge in [0, 0.05) is 23.4 Å². The molecule has 4 atom stereocenters. The molecule has 0 saturated carbocycles. The van der Waals surface area contributed by atoms with Gasteiger partial charge >= 0.3 is 17.6 Å². The molecule has 2 bridgehead atoms. The Bertz CT molecular complexity index is 2590. The van der Waals surface area contributed by atoms with Gasteiger partial charge in [0.15, 0.2) is 12.2 Å². The third-order valence-corrected chi connectivity index (χ3v) is 12.5. The fourth-order valence-corrected chi connectivity index (χ4v) is 9.08. The molecule has 62 heavy (non-hydrogen) atoms. The van der Waals surface area contributed by atoms with Gasteiger partial charge in [-0.2, -0.15) is 0 Å². The molecule has 1 N–H and O–H groups in total. The molecule has 6 aromatic rings. The summed E-state index contributed by atoms with van der Waals surface area (Å²) in [7, 11) is 0. The zero-order chi connectivity index (χ0) is 43.1. The Balaban J connectivity index is 1.17. The summed E-state index contributed by atoms with van der Waals surface area (Å²) in [4.78, 5) is 42.0. The first-order valence-electron chi connectivity index (χ1n) is 21.8. The van der Waals surface area contributed by atoms with Gasteiger partial charge in [0.2, 0.25) is 0 Å². The van der Waals surface area contributed by atoms with E-state index in [1.54, 1.807) is 19.1 Å². The molecule has 3 aliphatic rings. The molecule has 318 valence electrons. The van der Waals surface area contributed by atoms with Crippen LogP contribution in [0.3, 0.4) is 0 Å². The van der Waals surface area contributed by atoms with Crippen molar-refractivity contribution in [3.63, 3.8) is 0 Å². The van der Waals surface area contributed by atoms with Crippen LogP contribution in [0.2, 0.25) is 0 Å². The van der Waals surface area contributed by atoms with Crippen molar-refractivity contribution in [2.75, 3.05) is 6.61 Å². The fourth-order valence-electron chi connectivity index (χ4n) is 9.08. The van der Waals surface area contributed by atoms with E-state index in [1.807, 2.05) is 37.3 Å². The highest BCUT2D eigenvalue weighted by atomic mass is 16.6. The fraction of sp³-hybridized carbons (Fsp3) is 0.315. The SMILES string of the molecule is CC(CO)=C1CCc2ccc(cc2)CC(CCc2cccc(Cc3ccccc3)c2)CC(=O)OC2c3c(ccc4ccc(=O)oc34)OC(C)(CCCc3ccccc3)C2OC1=O. The van der Waals surface area contributed by atoms with Crippen LogP contribution in [0, 0.1) is 5.92 Å². The van der Waals surface area contributed by atoms with Gasteiger partial charge in [-0.05, 0) is 135 Å². The Morgan fingerprint density at radius 3 is 2.16 bits per heavy atom. The molecule has 4 heterocycles. The summed E-state index contributed by atoms with van der Waals surface area (Å²) < 4.78 is 25.9. The lowest BCUT2D eigenvalue weighted by Crippen LogP contribution is -2.54. The topological polar surface area (TPSA) is 112 Å². The maximum Gasteiger partial charge on any atom is 0.336 e. The minimum atomic E-state index is -1.18. The average Bonchev–Trinajstić information content (AvgIpc) is 3.27. The molecular formula is C54H54O8. The number of hydrogen-bond donors (Lipinski definition) is 1. The number of aliphatic hydroxyl groups excluding tert-OH is 1.